The summed E-state index contributed by atoms with van der Waals surface area (Å²) in [6.07, 6.45) is 9.60. The van der Waals surface area contributed by atoms with Crippen LogP contribution in [0.2, 0.25) is 0 Å². The molecule has 4 rings (SSSR count). The van der Waals surface area contributed by atoms with Gasteiger partial charge in [-0.05, 0) is 49.3 Å². The summed E-state index contributed by atoms with van der Waals surface area (Å²) in [5.74, 6) is 1.73. The van der Waals surface area contributed by atoms with Crippen molar-refractivity contribution in [3.05, 3.63) is 36.2 Å². The van der Waals surface area contributed by atoms with E-state index in [1.54, 1.807) is 7.11 Å². The Balaban J connectivity index is 1.56. The summed E-state index contributed by atoms with van der Waals surface area (Å²) in [4.78, 5) is 15.0. The van der Waals surface area contributed by atoms with Crippen molar-refractivity contribution in [1.82, 2.24) is 15.1 Å². The van der Waals surface area contributed by atoms with E-state index in [0.717, 1.165) is 42.0 Å². The Bertz CT molecular complexity index is 764. The zero-order valence-corrected chi connectivity index (χ0v) is 15.4. The number of carbonyl (C=O) groups excluding carboxylic acids is 1. The van der Waals surface area contributed by atoms with Gasteiger partial charge in [0.05, 0.1) is 25.0 Å². The molecule has 0 bridgehead atoms. The van der Waals surface area contributed by atoms with Crippen LogP contribution in [0.25, 0.3) is 11.1 Å². The van der Waals surface area contributed by atoms with Crippen molar-refractivity contribution in [3.63, 3.8) is 0 Å². The molecule has 2 heterocycles. The fourth-order valence-corrected chi connectivity index (χ4v) is 4.51. The number of carbonyl (C=O) groups is 1. The Labute approximate surface area is 154 Å². The second-order valence-electron chi connectivity index (χ2n) is 7.53. The van der Waals surface area contributed by atoms with E-state index in [9.17, 15) is 4.79 Å². The molecule has 0 spiro atoms. The van der Waals surface area contributed by atoms with Crippen LogP contribution in [0.3, 0.4) is 0 Å². The first kappa shape index (κ1) is 17.1. The molecule has 0 radical (unpaired) electrons. The van der Waals surface area contributed by atoms with Gasteiger partial charge in [0.15, 0.2) is 0 Å². The molecule has 1 amide bonds. The molecular weight excluding hydrogens is 326 g/mol. The summed E-state index contributed by atoms with van der Waals surface area (Å²) in [5, 5.41) is 7.47. The van der Waals surface area contributed by atoms with E-state index >= 15 is 0 Å². The van der Waals surface area contributed by atoms with Crippen LogP contribution in [0, 0.1) is 5.92 Å². The van der Waals surface area contributed by atoms with Gasteiger partial charge in [0, 0.05) is 18.5 Å². The van der Waals surface area contributed by atoms with E-state index in [2.05, 4.69) is 21.2 Å². The van der Waals surface area contributed by atoms with Crippen molar-refractivity contribution in [2.24, 2.45) is 5.92 Å². The second kappa shape index (κ2) is 7.52. The van der Waals surface area contributed by atoms with Gasteiger partial charge in [0.2, 0.25) is 5.91 Å². The Morgan fingerprint density at radius 2 is 2.12 bits per heavy atom. The van der Waals surface area contributed by atoms with Crippen molar-refractivity contribution in [1.29, 1.82) is 0 Å². The highest BCUT2D eigenvalue weighted by Gasteiger charge is 2.34. The van der Waals surface area contributed by atoms with Gasteiger partial charge in [-0.3, -0.25) is 9.89 Å². The fraction of sp³-hybridized carbons (Fsp3) is 0.524. The van der Waals surface area contributed by atoms with Crippen LogP contribution in [-0.2, 0) is 4.79 Å². The Morgan fingerprint density at radius 3 is 2.92 bits per heavy atom. The van der Waals surface area contributed by atoms with Gasteiger partial charge in [-0.15, -0.1) is 0 Å². The van der Waals surface area contributed by atoms with Gasteiger partial charge >= 0.3 is 0 Å². The average Bonchev–Trinajstić information content (AvgIpc) is 3.41. The van der Waals surface area contributed by atoms with Gasteiger partial charge in [-0.25, -0.2) is 0 Å². The molecule has 1 aliphatic heterocycles. The largest absolute Gasteiger partial charge is 0.497 e. The maximum Gasteiger partial charge on any atom is 0.223 e. The number of amides is 1. The predicted octanol–water partition coefficient (Wildman–Crippen LogP) is 4.33. The molecule has 1 aliphatic carbocycles. The molecule has 0 unspecified atom stereocenters. The molecule has 2 fully saturated rings. The van der Waals surface area contributed by atoms with Crippen molar-refractivity contribution >= 4 is 5.91 Å². The molecule has 1 saturated carbocycles. The third-order valence-corrected chi connectivity index (χ3v) is 5.89. The number of H-pyrrole nitrogens is 1. The number of methoxy groups -OCH3 is 1. The van der Waals surface area contributed by atoms with Crippen molar-refractivity contribution in [2.45, 2.75) is 51.0 Å². The van der Waals surface area contributed by atoms with E-state index in [4.69, 9.17) is 4.74 Å². The van der Waals surface area contributed by atoms with Crippen LogP contribution in [-0.4, -0.2) is 34.7 Å². The molecular formula is C21H27N3O2. The molecule has 5 nitrogen and oxygen atoms in total. The Morgan fingerprint density at radius 1 is 1.27 bits per heavy atom. The molecule has 1 saturated heterocycles. The maximum atomic E-state index is 12.9. The van der Waals surface area contributed by atoms with Crippen LogP contribution in [0.15, 0.2) is 30.5 Å². The minimum absolute atomic E-state index is 0.104. The summed E-state index contributed by atoms with van der Waals surface area (Å²) >= 11 is 0. The second-order valence-corrected chi connectivity index (χ2v) is 7.53. The Kier molecular flexibility index (Phi) is 4.96. The summed E-state index contributed by atoms with van der Waals surface area (Å²) in [7, 11) is 1.68. The molecule has 138 valence electrons. The van der Waals surface area contributed by atoms with Gasteiger partial charge < -0.3 is 9.64 Å². The lowest BCUT2D eigenvalue weighted by atomic mass is 9.99. The number of rotatable bonds is 5. The van der Waals surface area contributed by atoms with Gasteiger partial charge in [0.1, 0.15) is 5.75 Å². The number of aromatic amines is 1. The van der Waals surface area contributed by atoms with E-state index in [1.165, 1.54) is 25.7 Å². The fourth-order valence-electron chi connectivity index (χ4n) is 4.51. The molecule has 1 aromatic heterocycles. The summed E-state index contributed by atoms with van der Waals surface area (Å²) < 4.78 is 5.36. The maximum absolute atomic E-state index is 12.9. The quantitative estimate of drug-likeness (QED) is 0.870. The van der Waals surface area contributed by atoms with E-state index in [1.807, 2.05) is 24.4 Å². The monoisotopic (exact) mass is 353 g/mol. The highest BCUT2D eigenvalue weighted by atomic mass is 16.5. The zero-order valence-electron chi connectivity index (χ0n) is 15.4. The molecule has 1 atom stereocenters. The predicted molar refractivity (Wildman–Crippen MR) is 101 cm³/mol. The lowest BCUT2D eigenvalue weighted by molar-refractivity contribution is -0.133. The SMILES string of the molecule is COc1cccc(-c2cn[nH]c2[C@H]2CCCN2C(=O)CC2CCCC2)c1. The van der Waals surface area contributed by atoms with Gasteiger partial charge in [-0.2, -0.15) is 5.10 Å². The van der Waals surface area contributed by atoms with E-state index < -0.39 is 0 Å². The van der Waals surface area contributed by atoms with Crippen molar-refractivity contribution in [2.75, 3.05) is 13.7 Å². The highest BCUT2D eigenvalue weighted by molar-refractivity contribution is 5.78. The van der Waals surface area contributed by atoms with Crippen molar-refractivity contribution < 1.29 is 9.53 Å². The smallest absolute Gasteiger partial charge is 0.223 e. The van der Waals surface area contributed by atoms with Crippen molar-refractivity contribution in [3.8, 4) is 16.9 Å². The van der Waals surface area contributed by atoms with Crippen LogP contribution >= 0.6 is 0 Å². The van der Waals surface area contributed by atoms with Gasteiger partial charge in [0.25, 0.3) is 0 Å². The number of ether oxygens (including phenoxy) is 1. The number of likely N-dealkylation sites (tertiary alicyclic amines) is 1. The first-order chi connectivity index (χ1) is 12.8. The van der Waals surface area contributed by atoms with Crippen LogP contribution in [0.5, 0.6) is 5.75 Å². The van der Waals surface area contributed by atoms with Crippen LogP contribution < -0.4 is 4.74 Å². The number of hydrogen-bond acceptors (Lipinski definition) is 3. The van der Waals surface area contributed by atoms with E-state index in [-0.39, 0.29) is 6.04 Å². The minimum atomic E-state index is 0.104. The molecule has 26 heavy (non-hydrogen) atoms. The number of nitrogens with one attached hydrogen (secondary N) is 1. The summed E-state index contributed by atoms with van der Waals surface area (Å²) in [5.41, 5.74) is 3.19. The molecule has 2 aromatic rings. The summed E-state index contributed by atoms with van der Waals surface area (Å²) in [6.45, 7) is 0.854. The zero-order chi connectivity index (χ0) is 17.9. The number of nitrogens with zero attached hydrogens (tertiary/aromatic N) is 2. The number of hydrogen-bond donors (Lipinski definition) is 1. The lowest BCUT2D eigenvalue weighted by Gasteiger charge is -2.26. The standard InChI is InChI=1S/C21H27N3O2/c1-26-17-9-4-8-16(13-17)18-14-22-23-21(18)19-10-5-11-24(19)20(25)12-15-6-2-3-7-15/h4,8-9,13-15,19H,2-3,5-7,10-12H2,1H3,(H,22,23)/t19-/m1/s1. The topological polar surface area (TPSA) is 58.2 Å². The molecule has 5 heteroatoms. The molecule has 2 aliphatic rings. The highest BCUT2D eigenvalue weighted by Crippen LogP contribution is 2.38. The van der Waals surface area contributed by atoms with Crippen LogP contribution in [0.1, 0.15) is 56.7 Å². The third-order valence-electron chi connectivity index (χ3n) is 5.89. The Hall–Kier alpha value is -2.30. The number of aromatic nitrogens is 2. The normalized spacial score (nSPS) is 20.7. The van der Waals surface area contributed by atoms with Crippen LogP contribution in [0.4, 0.5) is 0 Å². The molecule has 1 aromatic carbocycles. The minimum Gasteiger partial charge on any atom is -0.497 e. The molecule has 1 N–H and O–H groups in total. The average molecular weight is 353 g/mol. The number of benzene rings is 1. The van der Waals surface area contributed by atoms with Gasteiger partial charge in [-0.1, -0.05) is 25.0 Å². The first-order valence-electron chi connectivity index (χ1n) is 9.73. The first-order valence-corrected chi connectivity index (χ1v) is 9.73. The van der Waals surface area contributed by atoms with E-state index in [0.29, 0.717) is 18.2 Å². The lowest BCUT2D eigenvalue weighted by Crippen LogP contribution is -2.32. The summed E-state index contributed by atoms with van der Waals surface area (Å²) in [6, 6.07) is 8.12. The third kappa shape index (κ3) is 3.35.